The SMILES string of the molecule is Cc1cccc(O[C@@H](C)C(=O)Nc2nc(-c3ccc(F)c(F)c3)cs2)c1. The zero-order chi connectivity index (χ0) is 18.7. The van der Waals surface area contributed by atoms with E-state index in [1.165, 1.54) is 17.4 Å². The molecule has 3 aromatic rings. The molecule has 1 N–H and O–H groups in total. The monoisotopic (exact) mass is 374 g/mol. The lowest BCUT2D eigenvalue weighted by molar-refractivity contribution is -0.122. The fourth-order valence-corrected chi connectivity index (χ4v) is 3.00. The van der Waals surface area contributed by atoms with Gasteiger partial charge < -0.3 is 4.74 Å². The van der Waals surface area contributed by atoms with Crippen molar-refractivity contribution < 1.29 is 18.3 Å². The molecular formula is C19H16F2N2O2S. The van der Waals surface area contributed by atoms with E-state index in [1.807, 2.05) is 25.1 Å². The maximum absolute atomic E-state index is 13.3. The first kappa shape index (κ1) is 18.0. The molecule has 1 amide bonds. The van der Waals surface area contributed by atoms with Crippen molar-refractivity contribution in [2.24, 2.45) is 0 Å². The predicted molar refractivity (Wildman–Crippen MR) is 97.4 cm³/mol. The number of carbonyl (C=O) groups is 1. The van der Waals surface area contributed by atoms with Crippen LogP contribution in [0.4, 0.5) is 13.9 Å². The van der Waals surface area contributed by atoms with Crippen LogP contribution in [0, 0.1) is 18.6 Å². The Kier molecular flexibility index (Phi) is 5.27. The van der Waals surface area contributed by atoms with Crippen molar-refractivity contribution >= 4 is 22.4 Å². The molecule has 0 spiro atoms. The van der Waals surface area contributed by atoms with E-state index >= 15 is 0 Å². The molecule has 1 atom stereocenters. The lowest BCUT2D eigenvalue weighted by atomic mass is 10.2. The van der Waals surface area contributed by atoms with Crippen LogP contribution in [0.2, 0.25) is 0 Å². The number of nitrogens with one attached hydrogen (secondary N) is 1. The van der Waals surface area contributed by atoms with Crippen LogP contribution in [-0.2, 0) is 4.79 Å². The molecule has 0 unspecified atom stereocenters. The zero-order valence-corrected chi connectivity index (χ0v) is 14.9. The molecule has 1 aromatic heterocycles. The zero-order valence-electron chi connectivity index (χ0n) is 14.1. The van der Waals surface area contributed by atoms with Gasteiger partial charge in [-0.15, -0.1) is 11.3 Å². The number of nitrogens with zero attached hydrogens (tertiary/aromatic N) is 1. The van der Waals surface area contributed by atoms with Gasteiger partial charge in [-0.1, -0.05) is 12.1 Å². The summed E-state index contributed by atoms with van der Waals surface area (Å²) in [6.45, 7) is 3.58. The van der Waals surface area contributed by atoms with Crippen LogP contribution < -0.4 is 10.1 Å². The number of anilines is 1. The quantitative estimate of drug-likeness (QED) is 0.698. The van der Waals surface area contributed by atoms with E-state index < -0.39 is 17.7 Å². The highest BCUT2D eigenvalue weighted by Gasteiger charge is 2.17. The average Bonchev–Trinajstić information content (AvgIpc) is 3.05. The van der Waals surface area contributed by atoms with Gasteiger partial charge in [-0.3, -0.25) is 10.1 Å². The number of rotatable bonds is 5. The molecule has 4 nitrogen and oxygen atoms in total. The molecule has 0 aliphatic rings. The smallest absolute Gasteiger partial charge is 0.266 e. The van der Waals surface area contributed by atoms with Gasteiger partial charge in [0.1, 0.15) is 5.75 Å². The third kappa shape index (κ3) is 4.23. The number of thiazole rings is 1. The van der Waals surface area contributed by atoms with Crippen molar-refractivity contribution in [3.8, 4) is 17.0 Å². The van der Waals surface area contributed by atoms with E-state index in [1.54, 1.807) is 18.4 Å². The number of halogens is 2. The number of hydrogen-bond acceptors (Lipinski definition) is 4. The standard InChI is InChI=1S/C19H16F2N2O2S/c1-11-4-3-5-14(8-11)25-12(2)18(24)23-19-22-17(10-26-19)13-6-7-15(20)16(21)9-13/h3-10,12H,1-2H3,(H,22,23,24)/t12-/m0/s1. The summed E-state index contributed by atoms with van der Waals surface area (Å²) >= 11 is 1.19. The Hall–Kier alpha value is -2.80. The van der Waals surface area contributed by atoms with Crippen molar-refractivity contribution in [1.29, 1.82) is 0 Å². The van der Waals surface area contributed by atoms with E-state index in [0.29, 0.717) is 22.1 Å². The number of carbonyl (C=O) groups excluding carboxylic acids is 1. The molecule has 7 heteroatoms. The van der Waals surface area contributed by atoms with Gasteiger partial charge in [-0.25, -0.2) is 13.8 Å². The van der Waals surface area contributed by atoms with E-state index in [4.69, 9.17) is 4.74 Å². The highest BCUT2D eigenvalue weighted by atomic mass is 32.1. The molecule has 0 bridgehead atoms. The largest absolute Gasteiger partial charge is 0.481 e. The van der Waals surface area contributed by atoms with Crippen molar-refractivity contribution in [1.82, 2.24) is 4.98 Å². The Balaban J connectivity index is 1.66. The number of aromatic nitrogens is 1. The number of hydrogen-bond donors (Lipinski definition) is 1. The minimum atomic E-state index is -0.943. The molecule has 134 valence electrons. The van der Waals surface area contributed by atoms with Gasteiger partial charge in [0.15, 0.2) is 22.9 Å². The number of aryl methyl sites for hydroxylation is 1. The number of benzene rings is 2. The fourth-order valence-electron chi connectivity index (χ4n) is 2.27. The molecule has 26 heavy (non-hydrogen) atoms. The minimum absolute atomic E-state index is 0.349. The third-order valence-electron chi connectivity index (χ3n) is 3.62. The third-order valence-corrected chi connectivity index (χ3v) is 4.38. The lowest BCUT2D eigenvalue weighted by Gasteiger charge is -2.14. The predicted octanol–water partition coefficient (Wildman–Crippen LogP) is 4.80. The van der Waals surface area contributed by atoms with Gasteiger partial charge in [0, 0.05) is 10.9 Å². The molecular weight excluding hydrogens is 358 g/mol. The second-order valence-electron chi connectivity index (χ2n) is 5.73. The molecule has 0 fully saturated rings. The Morgan fingerprint density at radius 2 is 2.00 bits per heavy atom. The summed E-state index contributed by atoms with van der Waals surface area (Å²) in [6, 6.07) is 11.0. The van der Waals surface area contributed by atoms with Gasteiger partial charge in [0.25, 0.3) is 5.91 Å². The molecule has 0 saturated heterocycles. The second-order valence-corrected chi connectivity index (χ2v) is 6.59. The molecule has 3 rings (SSSR count). The van der Waals surface area contributed by atoms with Gasteiger partial charge in [-0.05, 0) is 49.7 Å². The second kappa shape index (κ2) is 7.61. The molecule has 2 aromatic carbocycles. The summed E-state index contributed by atoms with van der Waals surface area (Å²) in [5, 5.41) is 4.69. The van der Waals surface area contributed by atoms with Gasteiger partial charge in [0.05, 0.1) is 5.69 Å². The van der Waals surface area contributed by atoms with E-state index in [-0.39, 0.29) is 5.91 Å². The van der Waals surface area contributed by atoms with Crippen LogP contribution >= 0.6 is 11.3 Å². The van der Waals surface area contributed by atoms with Crippen LogP contribution in [0.25, 0.3) is 11.3 Å². The minimum Gasteiger partial charge on any atom is -0.481 e. The Morgan fingerprint density at radius 3 is 2.73 bits per heavy atom. The van der Waals surface area contributed by atoms with Crippen LogP contribution in [0.3, 0.4) is 0 Å². The molecule has 0 aliphatic heterocycles. The Morgan fingerprint density at radius 1 is 1.19 bits per heavy atom. The number of ether oxygens (including phenoxy) is 1. The summed E-state index contributed by atoms with van der Waals surface area (Å²) in [5.41, 5.74) is 1.92. The highest BCUT2D eigenvalue weighted by Crippen LogP contribution is 2.26. The van der Waals surface area contributed by atoms with Crippen LogP contribution in [-0.4, -0.2) is 17.0 Å². The molecule has 0 aliphatic carbocycles. The summed E-state index contributed by atoms with van der Waals surface area (Å²) in [7, 11) is 0. The maximum atomic E-state index is 13.3. The summed E-state index contributed by atoms with van der Waals surface area (Å²) < 4.78 is 32.0. The maximum Gasteiger partial charge on any atom is 0.266 e. The van der Waals surface area contributed by atoms with Gasteiger partial charge >= 0.3 is 0 Å². The average molecular weight is 374 g/mol. The molecule has 1 heterocycles. The van der Waals surface area contributed by atoms with Crippen molar-refractivity contribution in [3.05, 3.63) is 65.0 Å². The van der Waals surface area contributed by atoms with Crippen molar-refractivity contribution in [3.63, 3.8) is 0 Å². The fraction of sp³-hybridized carbons (Fsp3) is 0.158. The van der Waals surface area contributed by atoms with E-state index in [2.05, 4.69) is 10.3 Å². The summed E-state index contributed by atoms with van der Waals surface area (Å²) in [5.74, 6) is -1.60. The van der Waals surface area contributed by atoms with E-state index in [9.17, 15) is 13.6 Å². The van der Waals surface area contributed by atoms with E-state index in [0.717, 1.165) is 17.7 Å². The summed E-state index contributed by atoms with van der Waals surface area (Å²) in [4.78, 5) is 16.5. The van der Waals surface area contributed by atoms with Crippen molar-refractivity contribution in [2.75, 3.05) is 5.32 Å². The van der Waals surface area contributed by atoms with Crippen molar-refractivity contribution in [2.45, 2.75) is 20.0 Å². The van der Waals surface area contributed by atoms with Gasteiger partial charge in [0.2, 0.25) is 0 Å². The van der Waals surface area contributed by atoms with Crippen LogP contribution in [0.15, 0.2) is 47.8 Å². The molecule has 0 radical (unpaired) electrons. The molecule has 0 saturated carbocycles. The first-order valence-electron chi connectivity index (χ1n) is 7.87. The van der Waals surface area contributed by atoms with Crippen LogP contribution in [0.5, 0.6) is 5.75 Å². The lowest BCUT2D eigenvalue weighted by Crippen LogP contribution is -2.30. The Bertz CT molecular complexity index is 943. The topological polar surface area (TPSA) is 51.2 Å². The first-order chi connectivity index (χ1) is 12.4. The highest BCUT2D eigenvalue weighted by molar-refractivity contribution is 7.14. The normalized spacial score (nSPS) is 11.8. The Labute approximate surface area is 153 Å². The van der Waals surface area contributed by atoms with Gasteiger partial charge in [-0.2, -0.15) is 0 Å². The summed E-state index contributed by atoms with van der Waals surface area (Å²) in [6.07, 6.45) is -0.715. The number of amides is 1. The van der Waals surface area contributed by atoms with Crippen LogP contribution in [0.1, 0.15) is 12.5 Å². The first-order valence-corrected chi connectivity index (χ1v) is 8.75.